The number of amides is 1. The number of halogens is 1. The highest BCUT2D eigenvalue weighted by Gasteiger charge is 2.05. The van der Waals surface area contributed by atoms with Gasteiger partial charge in [-0.05, 0) is 48.2 Å². The zero-order valence-corrected chi connectivity index (χ0v) is 13.7. The van der Waals surface area contributed by atoms with Crippen LogP contribution < -0.4 is 11.1 Å². The Kier molecular flexibility index (Phi) is 7.64. The maximum atomic E-state index is 12.1. The first-order valence-electron chi connectivity index (χ1n) is 7.42. The van der Waals surface area contributed by atoms with Gasteiger partial charge < -0.3 is 11.1 Å². The number of unbranched alkanes of at least 4 members (excludes halogenated alkanes) is 1. The minimum Gasteiger partial charge on any atom is -0.326 e. The predicted molar refractivity (Wildman–Crippen MR) is 94.6 cm³/mol. The number of carbonyl (C=O) groups excluding carboxylic acids is 1. The van der Waals surface area contributed by atoms with Crippen LogP contribution in [-0.4, -0.2) is 5.91 Å². The maximum Gasteiger partial charge on any atom is 0.255 e. The fourth-order valence-electron chi connectivity index (χ4n) is 2.13. The van der Waals surface area contributed by atoms with Gasteiger partial charge in [0.05, 0.1) is 0 Å². The molecule has 0 unspecified atom stereocenters. The third-order valence-corrected chi connectivity index (χ3v) is 3.48. The number of rotatable bonds is 6. The van der Waals surface area contributed by atoms with Gasteiger partial charge in [0.25, 0.3) is 5.91 Å². The van der Waals surface area contributed by atoms with E-state index in [2.05, 4.69) is 24.4 Å². The van der Waals surface area contributed by atoms with E-state index in [0.29, 0.717) is 12.1 Å². The number of nitrogens with two attached hydrogens (primary N) is 1. The van der Waals surface area contributed by atoms with Crippen LogP contribution in [0.25, 0.3) is 0 Å². The van der Waals surface area contributed by atoms with Crippen LogP contribution in [0.15, 0.2) is 48.5 Å². The summed E-state index contributed by atoms with van der Waals surface area (Å²) in [6, 6.07) is 15.4. The van der Waals surface area contributed by atoms with Crippen molar-refractivity contribution in [3.05, 3.63) is 65.2 Å². The van der Waals surface area contributed by atoms with E-state index in [1.807, 2.05) is 24.3 Å². The number of hydrogen-bond donors (Lipinski definition) is 2. The summed E-state index contributed by atoms with van der Waals surface area (Å²) in [5, 5.41) is 2.91. The molecule has 2 rings (SSSR count). The van der Waals surface area contributed by atoms with Crippen LogP contribution in [0.4, 0.5) is 5.69 Å². The van der Waals surface area contributed by atoms with Crippen LogP contribution in [0.5, 0.6) is 0 Å². The van der Waals surface area contributed by atoms with E-state index in [9.17, 15) is 4.79 Å². The van der Waals surface area contributed by atoms with Crippen molar-refractivity contribution < 1.29 is 4.79 Å². The molecule has 4 heteroatoms. The zero-order valence-electron chi connectivity index (χ0n) is 12.8. The van der Waals surface area contributed by atoms with Crippen molar-refractivity contribution in [2.24, 2.45) is 5.73 Å². The van der Waals surface area contributed by atoms with Crippen molar-refractivity contribution in [1.29, 1.82) is 0 Å². The van der Waals surface area contributed by atoms with Crippen LogP contribution in [0.1, 0.15) is 41.3 Å². The molecule has 0 saturated carbocycles. The highest BCUT2D eigenvalue weighted by Crippen LogP contribution is 2.13. The van der Waals surface area contributed by atoms with E-state index < -0.39 is 0 Å². The lowest BCUT2D eigenvalue weighted by Crippen LogP contribution is -2.12. The Morgan fingerprint density at radius 1 is 1.00 bits per heavy atom. The molecule has 0 atom stereocenters. The Balaban J connectivity index is 0.00000242. The van der Waals surface area contributed by atoms with Crippen LogP contribution in [0, 0.1) is 0 Å². The van der Waals surface area contributed by atoms with Gasteiger partial charge in [0.1, 0.15) is 0 Å². The Morgan fingerprint density at radius 2 is 1.59 bits per heavy atom. The van der Waals surface area contributed by atoms with Crippen LogP contribution in [0.2, 0.25) is 0 Å². The van der Waals surface area contributed by atoms with Crippen molar-refractivity contribution in [3.63, 3.8) is 0 Å². The molecule has 22 heavy (non-hydrogen) atoms. The fourth-order valence-corrected chi connectivity index (χ4v) is 2.13. The second-order valence-electron chi connectivity index (χ2n) is 5.16. The van der Waals surface area contributed by atoms with Crippen molar-refractivity contribution in [2.75, 3.05) is 5.32 Å². The van der Waals surface area contributed by atoms with Gasteiger partial charge in [0, 0.05) is 17.8 Å². The fraction of sp³-hybridized carbons (Fsp3) is 0.278. The Hall–Kier alpha value is -1.84. The molecule has 0 saturated heterocycles. The van der Waals surface area contributed by atoms with Crippen molar-refractivity contribution in [2.45, 2.75) is 32.7 Å². The minimum atomic E-state index is -0.0973. The Bertz CT molecular complexity index is 579. The molecule has 0 radical (unpaired) electrons. The summed E-state index contributed by atoms with van der Waals surface area (Å²) in [5.41, 5.74) is 9.34. The van der Waals surface area contributed by atoms with Crippen molar-refractivity contribution in [3.8, 4) is 0 Å². The molecule has 2 aromatic carbocycles. The van der Waals surface area contributed by atoms with Gasteiger partial charge in [-0.15, -0.1) is 12.4 Å². The summed E-state index contributed by atoms with van der Waals surface area (Å²) < 4.78 is 0. The number of carbonyl (C=O) groups is 1. The van der Waals surface area contributed by atoms with Crippen molar-refractivity contribution >= 4 is 24.0 Å². The molecule has 0 aliphatic heterocycles. The van der Waals surface area contributed by atoms with E-state index in [4.69, 9.17) is 5.73 Å². The maximum absolute atomic E-state index is 12.1. The topological polar surface area (TPSA) is 55.1 Å². The third-order valence-electron chi connectivity index (χ3n) is 3.48. The molecule has 0 bridgehead atoms. The Morgan fingerprint density at radius 3 is 2.14 bits per heavy atom. The van der Waals surface area contributed by atoms with Gasteiger partial charge in [-0.1, -0.05) is 37.6 Å². The van der Waals surface area contributed by atoms with E-state index in [-0.39, 0.29) is 18.3 Å². The van der Waals surface area contributed by atoms with E-state index in [0.717, 1.165) is 17.7 Å². The smallest absolute Gasteiger partial charge is 0.255 e. The lowest BCUT2D eigenvalue weighted by molar-refractivity contribution is 0.102. The summed E-state index contributed by atoms with van der Waals surface area (Å²) in [7, 11) is 0. The van der Waals surface area contributed by atoms with E-state index >= 15 is 0 Å². The lowest BCUT2D eigenvalue weighted by atomic mass is 10.1. The van der Waals surface area contributed by atoms with E-state index in [1.165, 1.54) is 18.4 Å². The summed E-state index contributed by atoms with van der Waals surface area (Å²) in [5.74, 6) is -0.0973. The van der Waals surface area contributed by atoms with Crippen molar-refractivity contribution in [1.82, 2.24) is 0 Å². The molecule has 3 nitrogen and oxygen atoms in total. The summed E-state index contributed by atoms with van der Waals surface area (Å²) >= 11 is 0. The first-order chi connectivity index (χ1) is 10.2. The molecular formula is C18H23ClN2O. The number of benzene rings is 2. The van der Waals surface area contributed by atoms with Gasteiger partial charge in [-0.2, -0.15) is 0 Å². The first-order valence-corrected chi connectivity index (χ1v) is 7.42. The van der Waals surface area contributed by atoms with Gasteiger partial charge in [-0.3, -0.25) is 4.79 Å². The van der Waals surface area contributed by atoms with E-state index in [1.54, 1.807) is 12.1 Å². The molecule has 0 fully saturated rings. The summed E-state index contributed by atoms with van der Waals surface area (Å²) in [4.78, 5) is 12.1. The molecule has 3 N–H and O–H groups in total. The van der Waals surface area contributed by atoms with Crippen LogP contribution in [0.3, 0.4) is 0 Å². The number of nitrogens with one attached hydrogen (secondary N) is 1. The molecular weight excluding hydrogens is 296 g/mol. The van der Waals surface area contributed by atoms with Crippen LogP contribution >= 0.6 is 12.4 Å². The zero-order chi connectivity index (χ0) is 15.1. The first kappa shape index (κ1) is 18.2. The molecule has 1 amide bonds. The van der Waals surface area contributed by atoms with Gasteiger partial charge in [0.2, 0.25) is 0 Å². The minimum absolute atomic E-state index is 0. The quantitative estimate of drug-likeness (QED) is 0.840. The second-order valence-corrected chi connectivity index (χ2v) is 5.16. The summed E-state index contributed by atoms with van der Waals surface area (Å²) in [6.45, 7) is 2.67. The normalized spacial score (nSPS) is 9.91. The van der Waals surface area contributed by atoms with Gasteiger partial charge >= 0.3 is 0 Å². The summed E-state index contributed by atoms with van der Waals surface area (Å²) in [6.07, 6.45) is 3.47. The molecule has 2 aromatic rings. The van der Waals surface area contributed by atoms with Gasteiger partial charge in [0.15, 0.2) is 0 Å². The number of anilines is 1. The molecule has 0 aliphatic carbocycles. The molecule has 118 valence electrons. The average molecular weight is 319 g/mol. The number of hydrogen-bond acceptors (Lipinski definition) is 2. The van der Waals surface area contributed by atoms with Crippen LogP contribution in [-0.2, 0) is 13.0 Å². The highest BCUT2D eigenvalue weighted by atomic mass is 35.5. The second kappa shape index (κ2) is 9.23. The molecule has 0 spiro atoms. The lowest BCUT2D eigenvalue weighted by Gasteiger charge is -2.07. The standard InChI is InChI=1S/C18H22N2O.ClH/c1-2-3-4-14-7-11-17(12-8-14)20-18(21)16-9-5-15(13-19)6-10-16;/h5-12H,2-4,13,19H2,1H3,(H,20,21);1H. The molecule has 0 aromatic heterocycles. The number of aryl methyl sites for hydroxylation is 1. The predicted octanol–water partition coefficient (Wildman–Crippen LogP) is 4.16. The monoisotopic (exact) mass is 318 g/mol. The SMILES string of the molecule is CCCCc1ccc(NC(=O)c2ccc(CN)cc2)cc1.Cl. The molecule has 0 aliphatic rings. The average Bonchev–Trinajstić information content (AvgIpc) is 2.54. The third kappa shape index (κ3) is 5.17. The largest absolute Gasteiger partial charge is 0.326 e. The highest BCUT2D eigenvalue weighted by molar-refractivity contribution is 6.04. The Labute approximate surface area is 138 Å². The molecule has 0 heterocycles. The van der Waals surface area contributed by atoms with Gasteiger partial charge in [-0.25, -0.2) is 0 Å².